The molecule has 0 bridgehead atoms. The summed E-state index contributed by atoms with van der Waals surface area (Å²) in [6.07, 6.45) is 4.54. The second-order valence-electron chi connectivity index (χ2n) is 4.09. The number of anilines is 1. The Morgan fingerprint density at radius 3 is 2.75 bits per heavy atom. The number of carbonyl (C=O) groups is 1. The van der Waals surface area contributed by atoms with Gasteiger partial charge in [-0.05, 0) is 29.8 Å². The van der Waals surface area contributed by atoms with Crippen molar-refractivity contribution in [1.82, 2.24) is 4.98 Å². The van der Waals surface area contributed by atoms with Crippen LogP contribution in [0.4, 0.5) is 10.2 Å². The van der Waals surface area contributed by atoms with Crippen molar-refractivity contribution in [1.29, 1.82) is 0 Å². The second kappa shape index (κ2) is 6.58. The Morgan fingerprint density at radius 2 is 2.05 bits per heavy atom. The van der Waals surface area contributed by atoms with Crippen molar-refractivity contribution in [2.45, 2.75) is 6.54 Å². The van der Waals surface area contributed by atoms with E-state index in [2.05, 4.69) is 10.3 Å². The standard InChI is InChI=1S/C15H14FN3O/c16-13-6-3-11(4-7-13)5-8-14(20)19-15-12(10-17)2-1-9-18-15/h1-9H,10,17H2,(H,18,19,20)/b8-5+. The third-order valence-electron chi connectivity index (χ3n) is 2.65. The number of hydrogen-bond donors (Lipinski definition) is 2. The van der Waals surface area contributed by atoms with Crippen LogP contribution >= 0.6 is 0 Å². The Kier molecular flexibility index (Phi) is 4.57. The molecule has 1 heterocycles. The molecule has 3 N–H and O–H groups in total. The van der Waals surface area contributed by atoms with Gasteiger partial charge in [0.05, 0.1) is 0 Å². The highest BCUT2D eigenvalue weighted by Crippen LogP contribution is 2.10. The zero-order valence-corrected chi connectivity index (χ0v) is 10.7. The highest BCUT2D eigenvalue weighted by molar-refractivity contribution is 6.01. The molecule has 2 aromatic rings. The van der Waals surface area contributed by atoms with Gasteiger partial charge in [0.1, 0.15) is 11.6 Å². The molecule has 102 valence electrons. The number of aromatic nitrogens is 1. The third-order valence-corrected chi connectivity index (χ3v) is 2.65. The average molecular weight is 271 g/mol. The Labute approximate surface area is 116 Å². The van der Waals surface area contributed by atoms with Crippen molar-refractivity contribution in [3.63, 3.8) is 0 Å². The molecule has 0 spiro atoms. The van der Waals surface area contributed by atoms with Crippen LogP contribution in [0.15, 0.2) is 48.7 Å². The van der Waals surface area contributed by atoms with Crippen LogP contribution in [0.5, 0.6) is 0 Å². The maximum Gasteiger partial charge on any atom is 0.249 e. The molecule has 0 fully saturated rings. The van der Waals surface area contributed by atoms with E-state index >= 15 is 0 Å². The van der Waals surface area contributed by atoms with E-state index < -0.39 is 0 Å². The summed E-state index contributed by atoms with van der Waals surface area (Å²) in [6, 6.07) is 9.40. The van der Waals surface area contributed by atoms with Crippen LogP contribution < -0.4 is 11.1 Å². The Balaban J connectivity index is 2.03. The van der Waals surface area contributed by atoms with Crippen LogP contribution in [0.2, 0.25) is 0 Å². The number of hydrogen-bond acceptors (Lipinski definition) is 3. The van der Waals surface area contributed by atoms with Gasteiger partial charge in [-0.1, -0.05) is 18.2 Å². The second-order valence-corrected chi connectivity index (χ2v) is 4.09. The number of amides is 1. The zero-order valence-electron chi connectivity index (χ0n) is 10.7. The minimum atomic E-state index is -0.317. The third kappa shape index (κ3) is 3.73. The molecule has 1 aromatic carbocycles. The lowest BCUT2D eigenvalue weighted by Gasteiger charge is -2.05. The van der Waals surface area contributed by atoms with Gasteiger partial charge in [0, 0.05) is 24.4 Å². The molecule has 1 aromatic heterocycles. The summed E-state index contributed by atoms with van der Waals surface area (Å²) >= 11 is 0. The molecule has 2 rings (SSSR count). The first-order valence-corrected chi connectivity index (χ1v) is 6.07. The number of benzene rings is 1. The number of pyridine rings is 1. The van der Waals surface area contributed by atoms with Crippen LogP contribution in [-0.2, 0) is 11.3 Å². The van der Waals surface area contributed by atoms with Gasteiger partial charge in [-0.3, -0.25) is 4.79 Å². The molecule has 0 unspecified atom stereocenters. The number of nitrogens with one attached hydrogen (secondary N) is 1. The van der Waals surface area contributed by atoms with E-state index in [1.54, 1.807) is 36.5 Å². The van der Waals surface area contributed by atoms with Gasteiger partial charge in [0.25, 0.3) is 0 Å². The zero-order chi connectivity index (χ0) is 14.4. The molecule has 0 aliphatic heterocycles. The monoisotopic (exact) mass is 271 g/mol. The number of nitrogens with zero attached hydrogens (tertiary/aromatic N) is 1. The van der Waals surface area contributed by atoms with Gasteiger partial charge in [-0.15, -0.1) is 0 Å². The Bertz CT molecular complexity index is 623. The lowest BCUT2D eigenvalue weighted by Crippen LogP contribution is -2.12. The first kappa shape index (κ1) is 13.9. The molecular weight excluding hydrogens is 257 g/mol. The average Bonchev–Trinajstić information content (AvgIpc) is 2.47. The molecule has 0 saturated carbocycles. The van der Waals surface area contributed by atoms with Gasteiger partial charge < -0.3 is 11.1 Å². The fraction of sp³-hybridized carbons (Fsp3) is 0.0667. The molecule has 0 atom stereocenters. The van der Waals surface area contributed by atoms with Crippen LogP contribution in [0.3, 0.4) is 0 Å². The number of halogens is 1. The predicted octanol–water partition coefficient (Wildman–Crippen LogP) is 2.33. The van der Waals surface area contributed by atoms with E-state index in [1.807, 2.05) is 0 Å². The van der Waals surface area contributed by atoms with E-state index in [1.165, 1.54) is 18.2 Å². The molecule has 0 radical (unpaired) electrons. The van der Waals surface area contributed by atoms with Crippen molar-refractivity contribution in [2.75, 3.05) is 5.32 Å². The van der Waals surface area contributed by atoms with E-state index in [0.717, 1.165) is 11.1 Å². The van der Waals surface area contributed by atoms with Crippen molar-refractivity contribution in [2.24, 2.45) is 5.73 Å². The summed E-state index contributed by atoms with van der Waals surface area (Å²) in [5, 5.41) is 2.65. The highest BCUT2D eigenvalue weighted by Gasteiger charge is 2.03. The van der Waals surface area contributed by atoms with Crippen LogP contribution in [-0.4, -0.2) is 10.9 Å². The predicted molar refractivity (Wildman–Crippen MR) is 76.2 cm³/mol. The van der Waals surface area contributed by atoms with E-state index in [-0.39, 0.29) is 11.7 Å². The first-order chi connectivity index (χ1) is 9.69. The minimum Gasteiger partial charge on any atom is -0.326 e. The van der Waals surface area contributed by atoms with Gasteiger partial charge in [0.15, 0.2) is 0 Å². The lowest BCUT2D eigenvalue weighted by molar-refractivity contribution is -0.111. The van der Waals surface area contributed by atoms with E-state index in [4.69, 9.17) is 5.73 Å². The van der Waals surface area contributed by atoms with Gasteiger partial charge in [-0.25, -0.2) is 9.37 Å². The highest BCUT2D eigenvalue weighted by atomic mass is 19.1. The minimum absolute atomic E-state index is 0.297. The van der Waals surface area contributed by atoms with Gasteiger partial charge >= 0.3 is 0 Å². The first-order valence-electron chi connectivity index (χ1n) is 6.07. The molecule has 1 amide bonds. The fourth-order valence-electron chi connectivity index (χ4n) is 1.62. The largest absolute Gasteiger partial charge is 0.326 e. The summed E-state index contributed by atoms with van der Waals surface area (Å²) in [5.74, 6) is -0.181. The topological polar surface area (TPSA) is 68.0 Å². The lowest BCUT2D eigenvalue weighted by atomic mass is 10.2. The molecule has 20 heavy (non-hydrogen) atoms. The molecule has 0 saturated heterocycles. The molecule has 0 aliphatic carbocycles. The number of nitrogens with two attached hydrogens (primary N) is 1. The SMILES string of the molecule is NCc1cccnc1NC(=O)/C=C/c1ccc(F)cc1. The van der Waals surface area contributed by atoms with Crippen LogP contribution in [0.25, 0.3) is 6.08 Å². The summed E-state index contributed by atoms with van der Waals surface area (Å²) in [5.41, 5.74) is 7.06. The summed E-state index contributed by atoms with van der Waals surface area (Å²) in [4.78, 5) is 15.8. The van der Waals surface area contributed by atoms with Crippen molar-refractivity contribution in [3.8, 4) is 0 Å². The van der Waals surface area contributed by atoms with Crippen LogP contribution in [0.1, 0.15) is 11.1 Å². The molecule has 4 nitrogen and oxygen atoms in total. The quantitative estimate of drug-likeness (QED) is 0.839. The maximum absolute atomic E-state index is 12.7. The molecule has 5 heteroatoms. The van der Waals surface area contributed by atoms with Crippen LogP contribution in [0, 0.1) is 5.82 Å². The fourth-order valence-corrected chi connectivity index (χ4v) is 1.62. The maximum atomic E-state index is 12.7. The Hall–Kier alpha value is -2.53. The smallest absolute Gasteiger partial charge is 0.249 e. The normalized spacial score (nSPS) is 10.7. The molecular formula is C15H14FN3O. The van der Waals surface area contributed by atoms with Crippen molar-refractivity contribution >= 4 is 17.8 Å². The van der Waals surface area contributed by atoms with Gasteiger partial charge in [0.2, 0.25) is 5.91 Å². The van der Waals surface area contributed by atoms with Gasteiger partial charge in [-0.2, -0.15) is 0 Å². The Morgan fingerprint density at radius 1 is 1.30 bits per heavy atom. The van der Waals surface area contributed by atoms with E-state index in [9.17, 15) is 9.18 Å². The summed E-state index contributed by atoms with van der Waals surface area (Å²) < 4.78 is 12.7. The number of rotatable bonds is 4. The van der Waals surface area contributed by atoms with E-state index in [0.29, 0.717) is 12.4 Å². The van der Waals surface area contributed by atoms with Crippen molar-refractivity contribution in [3.05, 3.63) is 65.6 Å². The summed E-state index contributed by atoms with van der Waals surface area (Å²) in [7, 11) is 0. The number of carbonyl (C=O) groups excluding carboxylic acids is 1. The molecule has 0 aliphatic rings. The van der Waals surface area contributed by atoms with Crippen molar-refractivity contribution < 1.29 is 9.18 Å². The summed E-state index contributed by atoms with van der Waals surface area (Å²) in [6.45, 7) is 0.297.